The highest BCUT2D eigenvalue weighted by molar-refractivity contribution is 7.19. The van der Waals surface area contributed by atoms with E-state index in [2.05, 4.69) is 53.3 Å². The van der Waals surface area contributed by atoms with E-state index in [-0.39, 0.29) is 5.57 Å². The van der Waals surface area contributed by atoms with Gasteiger partial charge in [-0.2, -0.15) is 0 Å². The van der Waals surface area contributed by atoms with Crippen LogP contribution in [0.15, 0.2) is 72.0 Å². The van der Waals surface area contributed by atoms with Crippen LogP contribution in [0.4, 0.5) is 10.1 Å². The fourth-order valence-electron chi connectivity index (χ4n) is 4.46. The number of benzene rings is 1. The Balaban J connectivity index is 1.54. The molecule has 5 rings (SSSR count). The van der Waals surface area contributed by atoms with Gasteiger partial charge in [0.05, 0.1) is 5.57 Å². The number of aromatic nitrogens is 1. The number of likely N-dealkylation sites (N-methyl/N-ethyl adjacent to an activating group) is 1. The highest BCUT2D eigenvalue weighted by atomic mass is 32.1. The predicted molar refractivity (Wildman–Crippen MR) is 136 cm³/mol. The molecule has 1 atom stereocenters. The molecular formula is C26H28N4O3S. The van der Waals surface area contributed by atoms with Crippen molar-refractivity contribution in [1.82, 2.24) is 9.88 Å². The number of anilines is 2. The normalized spacial score (nSPS) is 20.9. The minimum Gasteiger partial charge on any atom is -0.478 e. The summed E-state index contributed by atoms with van der Waals surface area (Å²) < 4.78 is 0. The van der Waals surface area contributed by atoms with Crippen molar-refractivity contribution in [2.45, 2.75) is 12.5 Å². The van der Waals surface area contributed by atoms with Gasteiger partial charge < -0.3 is 24.9 Å². The Labute approximate surface area is 203 Å². The third-order valence-electron chi connectivity index (χ3n) is 6.40. The van der Waals surface area contributed by atoms with Crippen LogP contribution in [-0.4, -0.2) is 65.8 Å². The van der Waals surface area contributed by atoms with Gasteiger partial charge >= 0.3 is 5.97 Å². The SMILES string of the molecule is CN1CCN(c2nc3c(s2)N(CC2=C(c4ccccc4)C=CCC=C2)C=C(C(=O)O)C3O)CC1. The molecule has 2 N–H and O–H groups in total. The van der Waals surface area contributed by atoms with Crippen molar-refractivity contribution in [1.29, 1.82) is 0 Å². The first-order chi connectivity index (χ1) is 16.5. The summed E-state index contributed by atoms with van der Waals surface area (Å²) >= 11 is 1.52. The van der Waals surface area contributed by atoms with Crippen molar-refractivity contribution in [3.63, 3.8) is 0 Å². The van der Waals surface area contributed by atoms with E-state index < -0.39 is 12.1 Å². The maximum atomic E-state index is 12.0. The first-order valence-electron chi connectivity index (χ1n) is 11.5. The smallest absolute Gasteiger partial charge is 0.336 e. The summed E-state index contributed by atoms with van der Waals surface area (Å²) in [6, 6.07) is 10.2. The molecule has 176 valence electrons. The standard InChI is InChI=1S/C26H28N4O3S/c1-28-12-14-29(15-13-28)26-27-22-23(31)21(25(32)33)17-30(24(22)34-26)16-19-10-6-3-7-11-20(19)18-8-4-2-5-9-18/h2,4-11,17,23,31H,3,12-16H2,1H3,(H,32,33). The largest absolute Gasteiger partial charge is 0.478 e. The minimum atomic E-state index is -1.24. The molecule has 34 heavy (non-hydrogen) atoms. The highest BCUT2D eigenvalue weighted by Crippen LogP contribution is 2.44. The second-order valence-corrected chi connectivity index (χ2v) is 9.70. The zero-order chi connectivity index (χ0) is 23.7. The Kier molecular flexibility index (Phi) is 6.36. The lowest BCUT2D eigenvalue weighted by Crippen LogP contribution is -2.44. The molecule has 8 heteroatoms. The van der Waals surface area contributed by atoms with Crippen molar-refractivity contribution < 1.29 is 15.0 Å². The first kappa shape index (κ1) is 22.6. The van der Waals surface area contributed by atoms with E-state index in [4.69, 9.17) is 4.98 Å². The second kappa shape index (κ2) is 9.58. The molecule has 0 radical (unpaired) electrons. The number of fused-ring (bicyclic) bond motifs is 1. The molecule has 3 aliphatic rings. The van der Waals surface area contributed by atoms with Crippen molar-refractivity contribution in [2.75, 3.05) is 49.6 Å². The number of thiazole rings is 1. The average molecular weight is 477 g/mol. The maximum absolute atomic E-state index is 12.0. The van der Waals surface area contributed by atoms with Gasteiger partial charge in [0, 0.05) is 38.9 Å². The fourth-order valence-corrected chi connectivity index (χ4v) is 5.58. The van der Waals surface area contributed by atoms with Crippen LogP contribution in [0.3, 0.4) is 0 Å². The van der Waals surface area contributed by atoms with Crippen molar-refractivity contribution >= 4 is 33.0 Å². The average Bonchev–Trinajstić information content (AvgIpc) is 3.17. The number of aliphatic carboxylic acids is 1. The number of carboxylic acids is 1. The monoisotopic (exact) mass is 476 g/mol. The van der Waals surface area contributed by atoms with E-state index in [1.807, 2.05) is 23.1 Å². The lowest BCUT2D eigenvalue weighted by atomic mass is 9.98. The molecule has 0 saturated carbocycles. The van der Waals surface area contributed by atoms with Gasteiger partial charge in [-0.1, -0.05) is 66.0 Å². The van der Waals surface area contributed by atoms with Gasteiger partial charge in [0.25, 0.3) is 0 Å². The Morgan fingerprint density at radius 2 is 1.85 bits per heavy atom. The molecule has 3 heterocycles. The highest BCUT2D eigenvalue weighted by Gasteiger charge is 2.35. The van der Waals surface area contributed by atoms with E-state index in [1.54, 1.807) is 6.20 Å². The molecule has 0 bridgehead atoms. The second-order valence-electron chi connectivity index (χ2n) is 8.74. The van der Waals surface area contributed by atoms with Crippen LogP contribution in [0.2, 0.25) is 0 Å². The molecule has 1 unspecified atom stereocenters. The van der Waals surface area contributed by atoms with Crippen LogP contribution in [0.25, 0.3) is 5.57 Å². The van der Waals surface area contributed by atoms with Gasteiger partial charge in [-0.05, 0) is 30.2 Å². The molecule has 1 aromatic carbocycles. The topological polar surface area (TPSA) is 80.1 Å². The molecule has 1 saturated heterocycles. The molecule has 2 aromatic rings. The van der Waals surface area contributed by atoms with Gasteiger partial charge in [0.2, 0.25) is 0 Å². The van der Waals surface area contributed by atoms with E-state index in [0.717, 1.165) is 59.4 Å². The molecule has 1 fully saturated rings. The lowest BCUT2D eigenvalue weighted by molar-refractivity contribution is -0.133. The van der Waals surface area contributed by atoms with Crippen LogP contribution in [0.1, 0.15) is 23.8 Å². The fraction of sp³-hybridized carbons (Fsp3) is 0.308. The van der Waals surface area contributed by atoms with Crippen LogP contribution >= 0.6 is 11.3 Å². The summed E-state index contributed by atoms with van der Waals surface area (Å²) in [5.41, 5.74) is 3.67. The van der Waals surface area contributed by atoms with Gasteiger partial charge in [0.15, 0.2) is 5.13 Å². The van der Waals surface area contributed by atoms with E-state index in [0.29, 0.717) is 12.2 Å². The summed E-state index contributed by atoms with van der Waals surface area (Å²) in [4.78, 5) is 23.1. The Bertz CT molecular complexity index is 1190. The summed E-state index contributed by atoms with van der Waals surface area (Å²) in [6.45, 7) is 4.08. The number of carboxylic acid groups (broad SMARTS) is 1. The Hall–Kier alpha value is -3.20. The molecular weight excluding hydrogens is 448 g/mol. The maximum Gasteiger partial charge on any atom is 0.336 e. The zero-order valence-corrected chi connectivity index (χ0v) is 19.9. The summed E-state index contributed by atoms with van der Waals surface area (Å²) in [6.07, 6.45) is 9.67. The molecule has 1 aliphatic carbocycles. The van der Waals surface area contributed by atoms with Crippen molar-refractivity contribution in [2.24, 2.45) is 0 Å². The third-order valence-corrected chi connectivity index (χ3v) is 7.57. The summed E-state index contributed by atoms with van der Waals surface area (Å²) in [7, 11) is 2.10. The Morgan fingerprint density at radius 3 is 2.59 bits per heavy atom. The number of rotatable bonds is 5. The zero-order valence-electron chi connectivity index (χ0n) is 19.1. The van der Waals surface area contributed by atoms with E-state index in [9.17, 15) is 15.0 Å². The summed E-state index contributed by atoms with van der Waals surface area (Å²) in [5.74, 6) is -1.13. The molecule has 1 aromatic heterocycles. The van der Waals surface area contributed by atoms with E-state index >= 15 is 0 Å². The Morgan fingerprint density at radius 1 is 1.12 bits per heavy atom. The number of hydrogen-bond donors (Lipinski definition) is 2. The molecule has 0 amide bonds. The van der Waals surface area contributed by atoms with Crippen molar-refractivity contribution in [3.05, 3.63) is 83.2 Å². The van der Waals surface area contributed by atoms with Gasteiger partial charge in [-0.3, -0.25) is 0 Å². The number of nitrogens with zero attached hydrogens (tertiary/aromatic N) is 4. The minimum absolute atomic E-state index is 0.0577. The number of aliphatic hydroxyl groups excluding tert-OH is 1. The summed E-state index contributed by atoms with van der Waals surface area (Å²) in [5, 5.41) is 22.3. The number of allylic oxidation sites excluding steroid dienone is 4. The van der Waals surface area contributed by atoms with Crippen LogP contribution in [0.5, 0.6) is 0 Å². The van der Waals surface area contributed by atoms with Gasteiger partial charge in [-0.15, -0.1) is 0 Å². The number of hydrogen-bond acceptors (Lipinski definition) is 7. The number of aliphatic hydroxyl groups is 1. The van der Waals surface area contributed by atoms with Crippen molar-refractivity contribution in [3.8, 4) is 0 Å². The van der Waals surface area contributed by atoms with Gasteiger partial charge in [0.1, 0.15) is 16.8 Å². The molecule has 7 nitrogen and oxygen atoms in total. The van der Waals surface area contributed by atoms with Gasteiger partial charge in [-0.25, -0.2) is 9.78 Å². The van der Waals surface area contributed by atoms with E-state index in [1.165, 1.54) is 11.3 Å². The quantitative estimate of drug-likeness (QED) is 0.681. The predicted octanol–water partition coefficient (Wildman–Crippen LogP) is 3.69. The molecule has 2 aliphatic heterocycles. The third kappa shape index (κ3) is 4.44. The first-order valence-corrected chi connectivity index (χ1v) is 12.3. The molecule has 0 spiro atoms. The lowest BCUT2D eigenvalue weighted by Gasteiger charge is -2.32. The van der Waals surface area contributed by atoms with Crippen LogP contribution in [-0.2, 0) is 4.79 Å². The number of carbonyl (C=O) groups is 1. The van der Waals surface area contributed by atoms with Crippen LogP contribution in [0, 0.1) is 0 Å². The number of piperazine rings is 1. The van der Waals surface area contributed by atoms with Crippen LogP contribution < -0.4 is 9.80 Å².